The van der Waals surface area contributed by atoms with Gasteiger partial charge in [0.05, 0.1) is 0 Å². The second-order valence-electron chi connectivity index (χ2n) is 6.83. The van der Waals surface area contributed by atoms with E-state index in [9.17, 15) is 4.79 Å². The van der Waals surface area contributed by atoms with E-state index in [1.165, 1.54) is 5.56 Å². The summed E-state index contributed by atoms with van der Waals surface area (Å²) in [6.07, 6.45) is 0.929. The first-order valence-electron chi connectivity index (χ1n) is 9.68. The van der Waals surface area contributed by atoms with E-state index in [1.807, 2.05) is 54.6 Å². The number of nitrogens with zero attached hydrogens (tertiary/aromatic N) is 2. The minimum absolute atomic E-state index is 0.276. The van der Waals surface area contributed by atoms with E-state index in [2.05, 4.69) is 22.4 Å². The summed E-state index contributed by atoms with van der Waals surface area (Å²) in [6, 6.07) is 23.8. The van der Waals surface area contributed by atoms with Crippen LogP contribution in [0.5, 0.6) is 0 Å². The highest BCUT2D eigenvalue weighted by molar-refractivity contribution is 6.30. The third kappa shape index (κ3) is 4.42. The molecule has 5 nitrogen and oxygen atoms in total. The molecule has 1 atom stereocenters. The summed E-state index contributed by atoms with van der Waals surface area (Å²) in [6.45, 7) is 2.09. The number of benzene rings is 3. The first kappa shape index (κ1) is 19.9. The fraction of sp³-hybridized carbons (Fsp3) is 0.125. The van der Waals surface area contributed by atoms with Gasteiger partial charge in [-0.2, -0.15) is 4.98 Å². The van der Waals surface area contributed by atoms with Crippen molar-refractivity contribution in [2.45, 2.75) is 19.4 Å². The normalized spacial score (nSPS) is 11.8. The van der Waals surface area contributed by atoms with Crippen LogP contribution < -0.4 is 5.32 Å². The third-order valence-corrected chi connectivity index (χ3v) is 5.04. The van der Waals surface area contributed by atoms with Crippen molar-refractivity contribution in [2.24, 2.45) is 0 Å². The minimum Gasteiger partial charge on any atom is -0.336 e. The molecule has 0 aliphatic rings. The van der Waals surface area contributed by atoms with Crippen LogP contribution >= 0.6 is 11.6 Å². The highest BCUT2D eigenvalue weighted by Crippen LogP contribution is 2.25. The van der Waals surface area contributed by atoms with Gasteiger partial charge in [-0.1, -0.05) is 84.3 Å². The SMILES string of the molecule is CCc1ccc(C(NC(=O)c2cccc(Cl)c2)c2nc(-c3ccccc3)no2)cc1. The summed E-state index contributed by atoms with van der Waals surface area (Å²) in [5.74, 6) is 0.507. The lowest BCUT2D eigenvalue weighted by Gasteiger charge is -2.16. The van der Waals surface area contributed by atoms with Crippen LogP contribution in [0.4, 0.5) is 0 Å². The predicted molar refractivity (Wildman–Crippen MR) is 116 cm³/mol. The highest BCUT2D eigenvalue weighted by atomic mass is 35.5. The zero-order valence-electron chi connectivity index (χ0n) is 16.4. The average molecular weight is 418 g/mol. The maximum Gasteiger partial charge on any atom is 0.254 e. The number of carbonyl (C=O) groups is 1. The van der Waals surface area contributed by atoms with Gasteiger partial charge in [0.1, 0.15) is 6.04 Å². The molecule has 6 heteroatoms. The van der Waals surface area contributed by atoms with Gasteiger partial charge < -0.3 is 9.84 Å². The Morgan fingerprint density at radius 3 is 2.50 bits per heavy atom. The minimum atomic E-state index is -0.590. The lowest BCUT2D eigenvalue weighted by molar-refractivity contribution is 0.0936. The second kappa shape index (κ2) is 8.93. The summed E-state index contributed by atoms with van der Waals surface area (Å²) < 4.78 is 5.55. The first-order valence-corrected chi connectivity index (χ1v) is 10.1. The number of aryl methyl sites for hydroxylation is 1. The van der Waals surface area contributed by atoms with Crippen molar-refractivity contribution in [3.63, 3.8) is 0 Å². The Kier molecular flexibility index (Phi) is 5.91. The molecule has 30 heavy (non-hydrogen) atoms. The molecule has 0 spiro atoms. The van der Waals surface area contributed by atoms with Crippen molar-refractivity contribution in [3.05, 3.63) is 106 Å². The largest absolute Gasteiger partial charge is 0.336 e. The maximum absolute atomic E-state index is 12.9. The van der Waals surface area contributed by atoms with Gasteiger partial charge in [-0.05, 0) is 35.7 Å². The molecule has 1 aromatic heterocycles. The average Bonchev–Trinajstić information content (AvgIpc) is 3.28. The van der Waals surface area contributed by atoms with Crippen LogP contribution in [-0.2, 0) is 6.42 Å². The second-order valence-corrected chi connectivity index (χ2v) is 7.27. The van der Waals surface area contributed by atoms with E-state index < -0.39 is 6.04 Å². The van der Waals surface area contributed by atoms with Gasteiger partial charge in [-0.25, -0.2) is 0 Å². The summed E-state index contributed by atoms with van der Waals surface area (Å²) >= 11 is 6.04. The van der Waals surface area contributed by atoms with E-state index in [1.54, 1.807) is 24.3 Å². The number of hydrogen-bond donors (Lipinski definition) is 1. The number of carbonyl (C=O) groups excluding carboxylic acids is 1. The van der Waals surface area contributed by atoms with Crippen molar-refractivity contribution >= 4 is 17.5 Å². The topological polar surface area (TPSA) is 68.0 Å². The third-order valence-electron chi connectivity index (χ3n) is 4.80. The molecule has 150 valence electrons. The molecule has 1 heterocycles. The van der Waals surface area contributed by atoms with Crippen molar-refractivity contribution < 1.29 is 9.32 Å². The summed E-state index contributed by atoms with van der Waals surface area (Å²) in [7, 11) is 0. The van der Waals surface area contributed by atoms with Crippen molar-refractivity contribution in [1.29, 1.82) is 0 Å². The molecule has 1 unspecified atom stereocenters. The quantitative estimate of drug-likeness (QED) is 0.451. The number of rotatable bonds is 6. The molecule has 0 saturated carbocycles. The van der Waals surface area contributed by atoms with Crippen molar-refractivity contribution in [1.82, 2.24) is 15.5 Å². The van der Waals surface area contributed by atoms with E-state index >= 15 is 0 Å². The van der Waals surface area contributed by atoms with E-state index in [4.69, 9.17) is 16.1 Å². The molecule has 4 aromatic rings. The smallest absolute Gasteiger partial charge is 0.254 e. The molecule has 0 saturated heterocycles. The van der Waals surface area contributed by atoms with Crippen LogP contribution in [-0.4, -0.2) is 16.0 Å². The standard InChI is InChI=1S/C24H20ClN3O2/c1-2-16-11-13-17(14-12-16)21(26-23(29)19-9-6-10-20(25)15-19)24-27-22(28-30-24)18-7-4-3-5-8-18/h3-15,21H,2H2,1H3,(H,26,29). The van der Waals surface area contributed by atoms with Gasteiger partial charge >= 0.3 is 0 Å². The lowest BCUT2D eigenvalue weighted by atomic mass is 10.0. The number of hydrogen-bond acceptors (Lipinski definition) is 4. The Morgan fingerprint density at radius 2 is 1.80 bits per heavy atom. The molecule has 0 bridgehead atoms. The van der Waals surface area contributed by atoms with Crippen LogP contribution in [0.25, 0.3) is 11.4 Å². The van der Waals surface area contributed by atoms with E-state index in [-0.39, 0.29) is 5.91 Å². The molecule has 1 amide bonds. The molecule has 4 rings (SSSR count). The van der Waals surface area contributed by atoms with Gasteiger partial charge in [-0.15, -0.1) is 0 Å². The summed E-state index contributed by atoms with van der Waals surface area (Å²) in [4.78, 5) is 17.4. The van der Waals surface area contributed by atoms with Crippen molar-refractivity contribution in [2.75, 3.05) is 0 Å². The van der Waals surface area contributed by atoms with Gasteiger partial charge in [0.25, 0.3) is 11.8 Å². The zero-order chi connectivity index (χ0) is 20.9. The van der Waals surface area contributed by atoms with Crippen molar-refractivity contribution in [3.8, 4) is 11.4 Å². The Balaban J connectivity index is 1.68. The van der Waals surface area contributed by atoms with Gasteiger partial charge in [0, 0.05) is 16.1 Å². The van der Waals surface area contributed by atoms with Gasteiger partial charge in [0.2, 0.25) is 5.82 Å². The molecular weight excluding hydrogens is 398 g/mol. The number of amides is 1. The molecular formula is C24H20ClN3O2. The van der Waals surface area contributed by atoms with Crippen LogP contribution in [0.3, 0.4) is 0 Å². The molecule has 0 aliphatic carbocycles. The van der Waals surface area contributed by atoms with Crippen LogP contribution in [0.1, 0.15) is 40.3 Å². The number of nitrogens with one attached hydrogen (secondary N) is 1. The molecule has 0 radical (unpaired) electrons. The van der Waals surface area contributed by atoms with Gasteiger partial charge in [-0.3, -0.25) is 4.79 Å². The zero-order valence-corrected chi connectivity index (χ0v) is 17.1. The Hall–Kier alpha value is -3.44. The van der Waals surface area contributed by atoms with E-state index in [0.717, 1.165) is 17.5 Å². The Morgan fingerprint density at radius 1 is 1.03 bits per heavy atom. The molecule has 1 N–H and O–H groups in total. The number of aromatic nitrogens is 2. The highest BCUT2D eigenvalue weighted by Gasteiger charge is 2.24. The van der Waals surface area contributed by atoms with Crippen LogP contribution in [0, 0.1) is 0 Å². The lowest BCUT2D eigenvalue weighted by Crippen LogP contribution is -2.29. The Bertz CT molecular complexity index is 1140. The fourth-order valence-electron chi connectivity index (χ4n) is 3.13. The summed E-state index contributed by atoms with van der Waals surface area (Å²) in [5, 5.41) is 7.60. The van der Waals surface area contributed by atoms with Crippen LogP contribution in [0.2, 0.25) is 5.02 Å². The molecule has 0 aliphatic heterocycles. The predicted octanol–water partition coefficient (Wildman–Crippen LogP) is 5.47. The fourth-order valence-corrected chi connectivity index (χ4v) is 3.32. The van der Waals surface area contributed by atoms with Crippen LogP contribution in [0.15, 0.2) is 83.4 Å². The number of halogens is 1. The van der Waals surface area contributed by atoms with Gasteiger partial charge in [0.15, 0.2) is 0 Å². The monoisotopic (exact) mass is 417 g/mol. The van der Waals surface area contributed by atoms with E-state index in [0.29, 0.717) is 22.3 Å². The maximum atomic E-state index is 12.9. The molecule has 0 fully saturated rings. The molecule has 3 aromatic carbocycles. The Labute approximate surface area is 179 Å². The first-order chi connectivity index (χ1) is 14.6. The summed E-state index contributed by atoms with van der Waals surface area (Å²) in [5.41, 5.74) is 3.36.